The Balaban J connectivity index is 2.04. The predicted octanol–water partition coefficient (Wildman–Crippen LogP) is 2.42. The van der Waals surface area contributed by atoms with Crippen LogP contribution in [0.4, 0.5) is 0 Å². The molecule has 0 heterocycles. The Morgan fingerprint density at radius 2 is 1.69 bits per heavy atom. The van der Waals surface area contributed by atoms with Gasteiger partial charge in [0.15, 0.2) is 0 Å². The SMILES string of the molecule is COC(=O)C12C[C]([Sn]([CH3])([CH3])[CH3])(C1)C2. The van der Waals surface area contributed by atoms with E-state index in [1.54, 1.807) is 0 Å². The first kappa shape index (κ1) is 9.81. The average Bonchev–Trinajstić information content (AvgIpc) is 1.77. The minimum atomic E-state index is -1.76. The molecule has 0 N–H and O–H groups in total. The van der Waals surface area contributed by atoms with Gasteiger partial charge in [0.25, 0.3) is 0 Å². The van der Waals surface area contributed by atoms with Gasteiger partial charge in [0.1, 0.15) is 0 Å². The molecule has 0 spiro atoms. The van der Waals surface area contributed by atoms with Crippen LogP contribution in [0, 0.1) is 5.41 Å². The van der Waals surface area contributed by atoms with E-state index in [-0.39, 0.29) is 11.4 Å². The van der Waals surface area contributed by atoms with Crippen molar-refractivity contribution in [3.63, 3.8) is 0 Å². The van der Waals surface area contributed by atoms with Crippen molar-refractivity contribution in [2.75, 3.05) is 7.11 Å². The monoisotopic (exact) mass is 290 g/mol. The average molecular weight is 289 g/mol. The molecule has 0 atom stereocenters. The molecule has 3 aliphatic carbocycles. The maximum absolute atomic E-state index is 11.4. The zero-order chi connectivity index (χ0) is 9.91. The molecule has 0 aromatic rings. The molecule has 0 unspecified atom stereocenters. The van der Waals surface area contributed by atoms with Gasteiger partial charge in [-0.3, -0.25) is 0 Å². The van der Waals surface area contributed by atoms with Gasteiger partial charge in [0.05, 0.1) is 0 Å². The molecular weight excluding hydrogens is 271 g/mol. The summed E-state index contributed by atoms with van der Waals surface area (Å²) in [4.78, 5) is 18.9. The van der Waals surface area contributed by atoms with Crippen molar-refractivity contribution in [1.82, 2.24) is 0 Å². The van der Waals surface area contributed by atoms with Crippen LogP contribution >= 0.6 is 0 Å². The molecule has 0 amide bonds. The van der Waals surface area contributed by atoms with Crippen molar-refractivity contribution in [3.8, 4) is 0 Å². The first-order valence-electron chi connectivity index (χ1n) is 4.94. The first-order chi connectivity index (χ1) is 5.85. The fourth-order valence-corrected chi connectivity index (χ4v) is 10.5. The number of rotatable bonds is 2. The van der Waals surface area contributed by atoms with Crippen LogP contribution in [0.1, 0.15) is 19.3 Å². The third kappa shape index (κ3) is 1.04. The molecular formula is C10H18O2Sn. The summed E-state index contributed by atoms with van der Waals surface area (Å²) in [6.07, 6.45) is 3.44. The van der Waals surface area contributed by atoms with E-state index in [1.165, 1.54) is 7.11 Å². The van der Waals surface area contributed by atoms with E-state index >= 15 is 0 Å². The van der Waals surface area contributed by atoms with Crippen molar-refractivity contribution in [2.45, 2.75) is 37.5 Å². The van der Waals surface area contributed by atoms with Crippen molar-refractivity contribution in [3.05, 3.63) is 0 Å². The van der Waals surface area contributed by atoms with Crippen LogP contribution in [0.25, 0.3) is 0 Å². The summed E-state index contributed by atoms with van der Waals surface area (Å²) in [6, 6.07) is 0. The second-order valence-corrected chi connectivity index (χ2v) is 21.7. The van der Waals surface area contributed by atoms with Gasteiger partial charge < -0.3 is 0 Å². The standard InChI is InChI=1S/C7H9O2.3CH3.Sn/c1-9-6(8)7-2-5(3-7)4-7;;;;/h2-4H2,1H3;3*1H3;. The normalized spacial score (nSPS) is 41.8. The molecule has 74 valence electrons. The van der Waals surface area contributed by atoms with Crippen molar-refractivity contribution < 1.29 is 9.53 Å². The van der Waals surface area contributed by atoms with E-state index in [4.69, 9.17) is 4.74 Å². The minimum absolute atomic E-state index is 0.0149. The second-order valence-electron chi connectivity index (χ2n) is 5.83. The van der Waals surface area contributed by atoms with Crippen LogP contribution in [0.5, 0.6) is 0 Å². The summed E-state index contributed by atoms with van der Waals surface area (Å²) in [6.45, 7) is 0. The van der Waals surface area contributed by atoms with E-state index in [0.717, 1.165) is 19.3 Å². The number of carbonyl (C=O) groups is 1. The Hall–Kier alpha value is 0.269. The molecule has 2 nitrogen and oxygen atoms in total. The summed E-state index contributed by atoms with van der Waals surface area (Å²) < 4.78 is 5.49. The van der Waals surface area contributed by atoms with Gasteiger partial charge in [-0.25, -0.2) is 0 Å². The van der Waals surface area contributed by atoms with Crippen LogP contribution < -0.4 is 0 Å². The number of hydrogen-bond acceptors (Lipinski definition) is 2. The summed E-state index contributed by atoms with van der Waals surface area (Å²) >= 11 is -1.76. The van der Waals surface area contributed by atoms with Crippen molar-refractivity contribution in [1.29, 1.82) is 0 Å². The molecule has 0 saturated heterocycles. The summed E-state index contributed by atoms with van der Waals surface area (Å²) in [5, 5.41) is 0. The molecule has 3 saturated carbocycles. The number of carbonyl (C=O) groups excluding carboxylic acids is 1. The number of hydrogen-bond donors (Lipinski definition) is 0. The zero-order valence-corrected chi connectivity index (χ0v) is 11.8. The van der Waals surface area contributed by atoms with Gasteiger partial charge in [-0.1, -0.05) is 0 Å². The van der Waals surface area contributed by atoms with E-state index in [2.05, 4.69) is 14.8 Å². The molecule has 0 aliphatic heterocycles. The molecule has 0 aromatic heterocycles. The molecule has 3 rings (SSSR count). The molecule has 2 bridgehead atoms. The van der Waals surface area contributed by atoms with Gasteiger partial charge in [-0.05, 0) is 0 Å². The predicted molar refractivity (Wildman–Crippen MR) is 54.3 cm³/mol. The topological polar surface area (TPSA) is 26.3 Å². The summed E-state index contributed by atoms with van der Waals surface area (Å²) in [7, 11) is 1.51. The van der Waals surface area contributed by atoms with Gasteiger partial charge in [-0.2, -0.15) is 0 Å². The Labute approximate surface area is 83.9 Å². The fourth-order valence-electron chi connectivity index (χ4n) is 3.02. The molecule has 3 heteroatoms. The first-order valence-corrected chi connectivity index (χ1v) is 14.9. The molecule has 0 aromatic carbocycles. The van der Waals surface area contributed by atoms with Crippen molar-refractivity contribution in [2.24, 2.45) is 5.41 Å². The van der Waals surface area contributed by atoms with Crippen LogP contribution in [0.15, 0.2) is 0 Å². The van der Waals surface area contributed by atoms with E-state index in [9.17, 15) is 4.79 Å². The summed E-state index contributed by atoms with van der Waals surface area (Å²) in [5.41, 5.74) is -0.0149. The van der Waals surface area contributed by atoms with E-state index < -0.39 is 18.4 Å². The fraction of sp³-hybridized carbons (Fsp3) is 0.900. The Morgan fingerprint density at radius 1 is 1.23 bits per heavy atom. The molecule has 13 heavy (non-hydrogen) atoms. The quantitative estimate of drug-likeness (QED) is 0.576. The van der Waals surface area contributed by atoms with Crippen LogP contribution in [0.3, 0.4) is 0 Å². The number of ether oxygens (including phenoxy) is 1. The Kier molecular flexibility index (Phi) is 1.84. The van der Waals surface area contributed by atoms with Gasteiger partial charge in [-0.15, -0.1) is 0 Å². The molecule has 3 aliphatic rings. The second kappa shape index (κ2) is 2.44. The van der Waals surface area contributed by atoms with Gasteiger partial charge in [0, 0.05) is 0 Å². The van der Waals surface area contributed by atoms with Gasteiger partial charge >= 0.3 is 83.9 Å². The van der Waals surface area contributed by atoms with Gasteiger partial charge in [0.2, 0.25) is 0 Å². The van der Waals surface area contributed by atoms with E-state index in [0.29, 0.717) is 3.43 Å². The summed E-state index contributed by atoms with van der Waals surface area (Å²) in [5.74, 6) is 0.0462. The maximum atomic E-state index is 11.4. The van der Waals surface area contributed by atoms with Crippen molar-refractivity contribution >= 4 is 24.3 Å². The third-order valence-corrected chi connectivity index (χ3v) is 14.8. The van der Waals surface area contributed by atoms with Crippen LogP contribution in [0.2, 0.25) is 18.2 Å². The van der Waals surface area contributed by atoms with E-state index in [1.807, 2.05) is 0 Å². The molecule has 3 fully saturated rings. The third-order valence-electron chi connectivity index (χ3n) is 4.24. The number of esters is 1. The Bertz CT molecular complexity index is 245. The zero-order valence-electron chi connectivity index (χ0n) is 8.94. The van der Waals surface area contributed by atoms with Crippen LogP contribution in [-0.2, 0) is 9.53 Å². The Morgan fingerprint density at radius 3 is 2.00 bits per heavy atom. The number of methoxy groups -OCH3 is 1. The molecule has 0 radical (unpaired) electrons. The van der Waals surface area contributed by atoms with Crippen LogP contribution in [-0.4, -0.2) is 31.5 Å².